The third kappa shape index (κ3) is 3.25. The Bertz CT molecular complexity index is 489. The molecule has 18 heavy (non-hydrogen) atoms. The van der Waals surface area contributed by atoms with Crippen LogP contribution in [0.5, 0.6) is 5.75 Å². The van der Waals surface area contributed by atoms with Crippen LogP contribution in [0.25, 0.3) is 0 Å². The van der Waals surface area contributed by atoms with Crippen molar-refractivity contribution in [1.82, 2.24) is 0 Å². The second-order valence-electron chi connectivity index (χ2n) is 4.32. The van der Waals surface area contributed by atoms with Crippen LogP contribution in [0.3, 0.4) is 0 Å². The molecule has 0 aromatic heterocycles. The van der Waals surface area contributed by atoms with Crippen LogP contribution >= 0.6 is 0 Å². The normalized spacial score (nSPS) is 12.1. The molecule has 0 aliphatic carbocycles. The van der Waals surface area contributed by atoms with E-state index in [-0.39, 0.29) is 5.75 Å². The number of benzene rings is 2. The number of hydrogen-bond donors (Lipinski definition) is 3. The average molecular weight is 243 g/mol. The Morgan fingerprint density at radius 1 is 1.00 bits per heavy atom. The summed E-state index contributed by atoms with van der Waals surface area (Å²) in [5, 5.41) is 21.9. The molecule has 0 aliphatic heterocycles. The molecule has 94 valence electrons. The molecule has 0 spiro atoms. The molecular weight excluding hydrogens is 226 g/mol. The van der Waals surface area contributed by atoms with Crippen molar-refractivity contribution in [2.75, 3.05) is 5.32 Å². The molecule has 0 bridgehead atoms. The van der Waals surface area contributed by atoms with Gasteiger partial charge in [-0.05, 0) is 42.3 Å². The Hall–Kier alpha value is -2.00. The van der Waals surface area contributed by atoms with Crippen molar-refractivity contribution < 1.29 is 10.2 Å². The van der Waals surface area contributed by atoms with Gasteiger partial charge >= 0.3 is 0 Å². The van der Waals surface area contributed by atoms with Gasteiger partial charge in [-0.1, -0.05) is 24.3 Å². The molecule has 3 heteroatoms. The minimum Gasteiger partial charge on any atom is -0.508 e. The van der Waals surface area contributed by atoms with E-state index in [0.717, 1.165) is 16.8 Å². The fourth-order valence-corrected chi connectivity index (χ4v) is 1.70. The summed E-state index contributed by atoms with van der Waals surface area (Å²) in [6, 6.07) is 14.8. The molecule has 2 aromatic carbocycles. The first-order valence-corrected chi connectivity index (χ1v) is 5.95. The highest BCUT2D eigenvalue weighted by Gasteiger charge is 2.00. The molecule has 0 fully saturated rings. The van der Waals surface area contributed by atoms with Crippen molar-refractivity contribution in [3.05, 3.63) is 59.7 Å². The zero-order chi connectivity index (χ0) is 13.0. The summed E-state index contributed by atoms with van der Waals surface area (Å²) in [5.41, 5.74) is 3.02. The molecule has 0 saturated heterocycles. The van der Waals surface area contributed by atoms with Gasteiger partial charge in [0.2, 0.25) is 0 Å². The quantitative estimate of drug-likeness (QED) is 0.773. The number of aromatic hydroxyl groups is 1. The minimum atomic E-state index is -0.434. The second kappa shape index (κ2) is 5.56. The molecule has 0 amide bonds. The van der Waals surface area contributed by atoms with Crippen molar-refractivity contribution in [2.24, 2.45) is 0 Å². The number of aliphatic hydroxyl groups excluding tert-OH is 1. The van der Waals surface area contributed by atoms with Crippen LogP contribution in [0.1, 0.15) is 24.2 Å². The van der Waals surface area contributed by atoms with E-state index in [1.165, 1.54) is 0 Å². The lowest BCUT2D eigenvalue weighted by Gasteiger charge is -2.09. The van der Waals surface area contributed by atoms with Gasteiger partial charge in [-0.15, -0.1) is 0 Å². The largest absolute Gasteiger partial charge is 0.508 e. The van der Waals surface area contributed by atoms with E-state index < -0.39 is 6.10 Å². The highest BCUT2D eigenvalue weighted by Crippen LogP contribution is 2.17. The molecule has 0 aliphatic rings. The lowest BCUT2D eigenvalue weighted by Crippen LogP contribution is -1.99. The second-order valence-corrected chi connectivity index (χ2v) is 4.32. The van der Waals surface area contributed by atoms with Crippen LogP contribution < -0.4 is 5.32 Å². The Balaban J connectivity index is 1.95. The van der Waals surface area contributed by atoms with E-state index in [9.17, 15) is 10.2 Å². The van der Waals surface area contributed by atoms with E-state index >= 15 is 0 Å². The van der Waals surface area contributed by atoms with Crippen molar-refractivity contribution in [2.45, 2.75) is 19.6 Å². The summed E-state index contributed by atoms with van der Waals surface area (Å²) < 4.78 is 0. The van der Waals surface area contributed by atoms with Gasteiger partial charge < -0.3 is 15.5 Å². The van der Waals surface area contributed by atoms with Crippen molar-refractivity contribution in [3.63, 3.8) is 0 Å². The minimum absolute atomic E-state index is 0.278. The summed E-state index contributed by atoms with van der Waals surface area (Å²) in [5.74, 6) is 0.278. The number of hydrogen-bond acceptors (Lipinski definition) is 3. The molecule has 1 unspecified atom stereocenters. The lowest BCUT2D eigenvalue weighted by atomic mass is 10.1. The first-order valence-electron chi connectivity index (χ1n) is 5.95. The third-order valence-electron chi connectivity index (χ3n) is 2.83. The summed E-state index contributed by atoms with van der Waals surface area (Å²) >= 11 is 0. The van der Waals surface area contributed by atoms with Crippen LogP contribution in [-0.4, -0.2) is 10.2 Å². The van der Waals surface area contributed by atoms with E-state index in [0.29, 0.717) is 6.54 Å². The van der Waals surface area contributed by atoms with Crippen molar-refractivity contribution in [1.29, 1.82) is 0 Å². The maximum absolute atomic E-state index is 9.40. The Kier molecular flexibility index (Phi) is 3.85. The predicted molar refractivity (Wildman–Crippen MR) is 72.5 cm³/mol. The van der Waals surface area contributed by atoms with Crippen LogP contribution in [0.4, 0.5) is 5.69 Å². The van der Waals surface area contributed by atoms with Crippen LogP contribution in [0.15, 0.2) is 48.5 Å². The third-order valence-corrected chi connectivity index (χ3v) is 2.83. The smallest absolute Gasteiger partial charge is 0.115 e. The van der Waals surface area contributed by atoms with Crippen molar-refractivity contribution in [3.8, 4) is 5.75 Å². The van der Waals surface area contributed by atoms with Gasteiger partial charge in [-0.25, -0.2) is 0 Å². The monoisotopic (exact) mass is 243 g/mol. The summed E-state index contributed by atoms with van der Waals surface area (Å²) in [6.07, 6.45) is -0.434. The van der Waals surface area contributed by atoms with Gasteiger partial charge in [0.25, 0.3) is 0 Å². The fourth-order valence-electron chi connectivity index (χ4n) is 1.70. The van der Waals surface area contributed by atoms with Crippen LogP contribution in [0, 0.1) is 0 Å². The van der Waals surface area contributed by atoms with Gasteiger partial charge in [0.05, 0.1) is 6.10 Å². The topological polar surface area (TPSA) is 52.5 Å². The molecule has 3 N–H and O–H groups in total. The van der Waals surface area contributed by atoms with E-state index in [1.807, 2.05) is 36.4 Å². The van der Waals surface area contributed by atoms with Crippen molar-refractivity contribution >= 4 is 5.69 Å². The predicted octanol–water partition coefficient (Wildman–Crippen LogP) is 3.06. The Morgan fingerprint density at radius 3 is 2.17 bits per heavy atom. The first kappa shape index (κ1) is 12.5. The first-order chi connectivity index (χ1) is 8.65. The highest BCUT2D eigenvalue weighted by atomic mass is 16.3. The summed E-state index contributed by atoms with van der Waals surface area (Å²) in [7, 11) is 0. The number of nitrogens with one attached hydrogen (secondary N) is 1. The maximum atomic E-state index is 9.40. The standard InChI is InChI=1S/C15H17NO2/c1-11(17)13-4-6-14(7-5-13)16-10-12-2-8-15(18)9-3-12/h2-9,11,16-18H,10H2,1H3. The molecule has 2 aromatic rings. The van der Waals surface area contributed by atoms with Gasteiger partial charge in [-0.2, -0.15) is 0 Å². The van der Waals surface area contributed by atoms with E-state index in [2.05, 4.69) is 5.32 Å². The van der Waals surface area contributed by atoms with E-state index in [1.54, 1.807) is 19.1 Å². The number of phenols is 1. The number of aliphatic hydroxyl groups is 1. The molecule has 2 rings (SSSR count). The highest BCUT2D eigenvalue weighted by molar-refractivity contribution is 5.45. The molecule has 1 atom stereocenters. The number of rotatable bonds is 4. The summed E-state index contributed by atoms with van der Waals surface area (Å²) in [6.45, 7) is 2.45. The average Bonchev–Trinajstić information content (AvgIpc) is 2.38. The molecule has 0 saturated carbocycles. The SMILES string of the molecule is CC(O)c1ccc(NCc2ccc(O)cc2)cc1. The molecule has 3 nitrogen and oxygen atoms in total. The Morgan fingerprint density at radius 2 is 1.61 bits per heavy atom. The van der Waals surface area contributed by atoms with E-state index in [4.69, 9.17) is 0 Å². The van der Waals surface area contributed by atoms with Gasteiger partial charge in [0.15, 0.2) is 0 Å². The zero-order valence-electron chi connectivity index (χ0n) is 10.3. The molecule has 0 radical (unpaired) electrons. The molecular formula is C15H17NO2. The van der Waals surface area contributed by atoms with Crippen LogP contribution in [0.2, 0.25) is 0 Å². The zero-order valence-corrected chi connectivity index (χ0v) is 10.3. The number of anilines is 1. The van der Waals surface area contributed by atoms with Gasteiger partial charge in [-0.3, -0.25) is 0 Å². The maximum Gasteiger partial charge on any atom is 0.115 e. The van der Waals surface area contributed by atoms with Gasteiger partial charge in [0, 0.05) is 12.2 Å². The summed E-state index contributed by atoms with van der Waals surface area (Å²) in [4.78, 5) is 0. The number of phenolic OH excluding ortho intramolecular Hbond substituents is 1. The van der Waals surface area contributed by atoms with Gasteiger partial charge in [0.1, 0.15) is 5.75 Å². The van der Waals surface area contributed by atoms with Crippen LogP contribution in [-0.2, 0) is 6.54 Å². The Labute approximate surface area is 107 Å². The molecule has 0 heterocycles. The fraction of sp³-hybridized carbons (Fsp3) is 0.200. The lowest BCUT2D eigenvalue weighted by molar-refractivity contribution is 0.199.